The number of aryl methyl sites for hydroxylation is 1. The fourth-order valence-corrected chi connectivity index (χ4v) is 2.75. The number of anilines is 1. The van der Waals surface area contributed by atoms with Gasteiger partial charge in [-0.25, -0.2) is 9.97 Å². The van der Waals surface area contributed by atoms with Crippen molar-refractivity contribution in [3.8, 4) is 0 Å². The van der Waals surface area contributed by atoms with Gasteiger partial charge in [0.1, 0.15) is 5.82 Å². The van der Waals surface area contributed by atoms with Gasteiger partial charge in [0.05, 0.1) is 5.01 Å². The first-order valence-corrected chi connectivity index (χ1v) is 6.93. The van der Waals surface area contributed by atoms with Crippen LogP contribution in [0.2, 0.25) is 0 Å². The second-order valence-corrected chi connectivity index (χ2v) is 5.12. The minimum Gasteiger partial charge on any atom is -0.383 e. The first-order chi connectivity index (χ1) is 8.70. The van der Waals surface area contributed by atoms with E-state index in [1.807, 2.05) is 19.1 Å². The van der Waals surface area contributed by atoms with Gasteiger partial charge in [0, 0.05) is 35.3 Å². The Kier molecular flexibility index (Phi) is 4.28. The number of hydrogen-bond donors (Lipinski definition) is 2. The fraction of sp³-hybridized carbons (Fsp3) is 0.385. The van der Waals surface area contributed by atoms with Crippen molar-refractivity contribution in [1.29, 1.82) is 0 Å². The molecule has 0 fully saturated rings. The molecular weight excluding hydrogens is 244 g/mol. The second kappa shape index (κ2) is 5.93. The summed E-state index contributed by atoms with van der Waals surface area (Å²) >= 11 is 1.69. The van der Waals surface area contributed by atoms with E-state index in [0.717, 1.165) is 29.2 Å². The largest absolute Gasteiger partial charge is 0.383 e. The van der Waals surface area contributed by atoms with E-state index in [2.05, 4.69) is 27.6 Å². The van der Waals surface area contributed by atoms with Crippen molar-refractivity contribution in [3.05, 3.63) is 40.0 Å². The zero-order chi connectivity index (χ0) is 13.0. The minimum atomic E-state index is 0.175. The molecule has 2 aromatic heterocycles. The molecule has 96 valence electrons. The van der Waals surface area contributed by atoms with E-state index < -0.39 is 0 Å². The first-order valence-electron chi connectivity index (χ1n) is 6.05. The number of rotatable bonds is 5. The number of nitrogens with two attached hydrogens (primary N) is 1. The molecule has 1 unspecified atom stereocenters. The molecule has 0 radical (unpaired) electrons. The summed E-state index contributed by atoms with van der Waals surface area (Å²) in [6.07, 6.45) is 2.57. The number of thiazole rings is 1. The Balaban J connectivity index is 2.20. The molecule has 0 saturated heterocycles. The molecule has 0 saturated carbocycles. The quantitative estimate of drug-likeness (QED) is 0.868. The van der Waals surface area contributed by atoms with Crippen LogP contribution in [0, 0.1) is 6.92 Å². The molecule has 18 heavy (non-hydrogen) atoms. The monoisotopic (exact) mass is 262 g/mol. The van der Waals surface area contributed by atoms with E-state index in [-0.39, 0.29) is 6.04 Å². The van der Waals surface area contributed by atoms with Crippen LogP contribution in [0.4, 0.5) is 5.82 Å². The molecule has 5 heteroatoms. The molecule has 0 amide bonds. The number of hydrogen-bond acceptors (Lipinski definition) is 5. The van der Waals surface area contributed by atoms with Crippen LogP contribution in [0.15, 0.2) is 23.7 Å². The molecule has 0 aliphatic heterocycles. The maximum Gasteiger partial charge on any atom is 0.128 e. The Morgan fingerprint density at radius 1 is 1.50 bits per heavy atom. The van der Waals surface area contributed by atoms with Gasteiger partial charge in [0.25, 0.3) is 0 Å². The van der Waals surface area contributed by atoms with Crippen LogP contribution in [-0.2, 0) is 6.42 Å². The number of nitrogen functional groups attached to an aromatic ring is 1. The van der Waals surface area contributed by atoms with Crippen LogP contribution in [0.1, 0.15) is 29.2 Å². The van der Waals surface area contributed by atoms with Gasteiger partial charge in [-0.15, -0.1) is 11.3 Å². The summed E-state index contributed by atoms with van der Waals surface area (Å²) in [7, 11) is 0. The van der Waals surface area contributed by atoms with Crippen LogP contribution in [-0.4, -0.2) is 16.5 Å². The average Bonchev–Trinajstić information content (AvgIpc) is 2.75. The third-order valence-electron chi connectivity index (χ3n) is 2.74. The molecule has 1 atom stereocenters. The Hall–Kier alpha value is -1.46. The standard InChI is InChI=1S/C13H18N4S/c1-3-15-11(7-12-17-9(2)8-18-12)10-5-4-6-16-13(10)14/h4-6,8,11,15H,3,7H2,1-2H3,(H2,14,16). The molecule has 2 rings (SSSR count). The van der Waals surface area contributed by atoms with Gasteiger partial charge in [0.2, 0.25) is 0 Å². The fourth-order valence-electron chi connectivity index (χ4n) is 1.93. The molecule has 0 bridgehead atoms. The van der Waals surface area contributed by atoms with Crippen molar-refractivity contribution >= 4 is 17.2 Å². The average molecular weight is 262 g/mol. The predicted octanol–water partition coefficient (Wildman–Crippen LogP) is 2.32. The van der Waals surface area contributed by atoms with Gasteiger partial charge < -0.3 is 11.1 Å². The SMILES string of the molecule is CCNC(Cc1nc(C)cs1)c1cccnc1N. The van der Waals surface area contributed by atoms with Gasteiger partial charge in [-0.05, 0) is 19.5 Å². The van der Waals surface area contributed by atoms with E-state index in [9.17, 15) is 0 Å². The van der Waals surface area contributed by atoms with Crippen molar-refractivity contribution < 1.29 is 0 Å². The van der Waals surface area contributed by atoms with Crippen molar-refractivity contribution in [2.45, 2.75) is 26.3 Å². The molecular formula is C13H18N4S. The van der Waals surface area contributed by atoms with E-state index in [0.29, 0.717) is 5.82 Å². The summed E-state index contributed by atoms with van der Waals surface area (Å²) in [4.78, 5) is 8.66. The van der Waals surface area contributed by atoms with Crippen LogP contribution >= 0.6 is 11.3 Å². The Morgan fingerprint density at radius 3 is 2.94 bits per heavy atom. The number of pyridine rings is 1. The van der Waals surface area contributed by atoms with Crippen molar-refractivity contribution in [2.24, 2.45) is 0 Å². The highest BCUT2D eigenvalue weighted by atomic mass is 32.1. The summed E-state index contributed by atoms with van der Waals surface area (Å²) < 4.78 is 0. The summed E-state index contributed by atoms with van der Waals surface area (Å²) in [5, 5.41) is 6.65. The lowest BCUT2D eigenvalue weighted by atomic mass is 10.0. The van der Waals surface area contributed by atoms with Gasteiger partial charge in [0.15, 0.2) is 0 Å². The summed E-state index contributed by atoms with van der Waals surface area (Å²) in [5.74, 6) is 0.594. The Morgan fingerprint density at radius 2 is 2.33 bits per heavy atom. The lowest BCUT2D eigenvalue weighted by molar-refractivity contribution is 0.548. The maximum atomic E-state index is 5.94. The highest BCUT2D eigenvalue weighted by Gasteiger charge is 2.16. The second-order valence-electron chi connectivity index (χ2n) is 4.17. The van der Waals surface area contributed by atoms with Crippen molar-refractivity contribution in [2.75, 3.05) is 12.3 Å². The Bertz CT molecular complexity index is 509. The first kappa shape index (κ1) is 13.0. The summed E-state index contributed by atoms with van der Waals surface area (Å²) in [6, 6.07) is 4.12. The van der Waals surface area contributed by atoms with Crippen molar-refractivity contribution in [3.63, 3.8) is 0 Å². The van der Waals surface area contributed by atoms with Gasteiger partial charge >= 0.3 is 0 Å². The summed E-state index contributed by atoms with van der Waals surface area (Å²) in [6.45, 7) is 5.00. The number of aromatic nitrogens is 2. The van der Waals surface area contributed by atoms with E-state index in [1.165, 1.54) is 0 Å². The van der Waals surface area contributed by atoms with Crippen molar-refractivity contribution in [1.82, 2.24) is 15.3 Å². The number of likely N-dealkylation sites (N-methyl/N-ethyl adjacent to an activating group) is 1. The van der Waals surface area contributed by atoms with Crippen LogP contribution in [0.3, 0.4) is 0 Å². The van der Waals surface area contributed by atoms with E-state index in [1.54, 1.807) is 17.5 Å². The van der Waals surface area contributed by atoms with Crippen LogP contribution in [0.25, 0.3) is 0 Å². The third-order valence-corrected chi connectivity index (χ3v) is 3.73. The molecule has 0 spiro atoms. The Labute approximate surface area is 111 Å². The third kappa shape index (κ3) is 3.05. The van der Waals surface area contributed by atoms with Crippen LogP contribution in [0.5, 0.6) is 0 Å². The summed E-state index contributed by atoms with van der Waals surface area (Å²) in [5.41, 5.74) is 8.06. The van der Waals surface area contributed by atoms with Gasteiger partial charge in [-0.1, -0.05) is 13.0 Å². The van der Waals surface area contributed by atoms with Gasteiger partial charge in [-0.2, -0.15) is 0 Å². The topological polar surface area (TPSA) is 63.8 Å². The highest BCUT2D eigenvalue weighted by molar-refractivity contribution is 7.09. The molecule has 0 aliphatic rings. The van der Waals surface area contributed by atoms with Crippen LogP contribution < -0.4 is 11.1 Å². The molecule has 2 aromatic rings. The normalized spacial score (nSPS) is 12.6. The minimum absolute atomic E-state index is 0.175. The van der Waals surface area contributed by atoms with E-state index >= 15 is 0 Å². The number of nitrogens with zero attached hydrogens (tertiary/aromatic N) is 2. The number of nitrogens with one attached hydrogen (secondary N) is 1. The zero-order valence-electron chi connectivity index (χ0n) is 10.7. The highest BCUT2D eigenvalue weighted by Crippen LogP contribution is 2.23. The zero-order valence-corrected chi connectivity index (χ0v) is 11.5. The maximum absolute atomic E-state index is 5.94. The van der Waals surface area contributed by atoms with Gasteiger partial charge in [-0.3, -0.25) is 0 Å². The molecule has 4 nitrogen and oxygen atoms in total. The predicted molar refractivity (Wildman–Crippen MR) is 75.6 cm³/mol. The molecule has 0 aliphatic carbocycles. The lowest BCUT2D eigenvalue weighted by Gasteiger charge is -2.18. The smallest absolute Gasteiger partial charge is 0.128 e. The molecule has 2 heterocycles. The van der Waals surface area contributed by atoms with E-state index in [4.69, 9.17) is 5.73 Å². The molecule has 3 N–H and O–H groups in total. The lowest BCUT2D eigenvalue weighted by Crippen LogP contribution is -2.24. The molecule has 0 aromatic carbocycles.